The highest BCUT2D eigenvalue weighted by atomic mass is 15.1. The van der Waals surface area contributed by atoms with E-state index < -0.39 is 0 Å². The zero-order chi connectivity index (χ0) is 14.8. The summed E-state index contributed by atoms with van der Waals surface area (Å²) < 4.78 is 0. The molecule has 2 aliphatic rings. The van der Waals surface area contributed by atoms with Gasteiger partial charge in [-0.15, -0.1) is 0 Å². The molecule has 1 heterocycles. The van der Waals surface area contributed by atoms with Gasteiger partial charge in [0.1, 0.15) is 0 Å². The number of fused-ring (bicyclic) bond motifs is 1. The van der Waals surface area contributed by atoms with Crippen LogP contribution in [0.4, 0.5) is 5.69 Å². The fourth-order valence-corrected chi connectivity index (χ4v) is 4.33. The van der Waals surface area contributed by atoms with E-state index in [1.807, 2.05) is 0 Å². The van der Waals surface area contributed by atoms with Crippen molar-refractivity contribution in [1.82, 2.24) is 0 Å². The summed E-state index contributed by atoms with van der Waals surface area (Å²) in [5.41, 5.74) is 4.03. The van der Waals surface area contributed by atoms with Crippen LogP contribution in [0.5, 0.6) is 0 Å². The summed E-state index contributed by atoms with van der Waals surface area (Å²) in [5.74, 6) is 1.95. The Morgan fingerprint density at radius 2 is 1.36 bits per heavy atom. The summed E-state index contributed by atoms with van der Waals surface area (Å²) >= 11 is 0. The van der Waals surface area contributed by atoms with E-state index in [2.05, 4.69) is 59.5 Å². The normalized spacial score (nSPS) is 24.8. The van der Waals surface area contributed by atoms with Gasteiger partial charge in [-0.3, -0.25) is 0 Å². The standard InChI is InChI=1S/C21H25N/c1-2-6-17(7-3-1)19-10-12-21(13-11-19)22-15-14-18-8-4-5-9-20(18)16-22/h1-3,6-7,10-13,18,20H,4-5,8-9,14-16H2. The van der Waals surface area contributed by atoms with Crippen LogP contribution in [-0.4, -0.2) is 13.1 Å². The maximum Gasteiger partial charge on any atom is 0.0366 e. The number of nitrogens with zero attached hydrogens (tertiary/aromatic N) is 1. The van der Waals surface area contributed by atoms with Gasteiger partial charge in [-0.1, -0.05) is 61.7 Å². The topological polar surface area (TPSA) is 3.24 Å². The first-order valence-electron chi connectivity index (χ1n) is 8.80. The Labute approximate surface area is 134 Å². The van der Waals surface area contributed by atoms with Crippen LogP contribution in [0.15, 0.2) is 54.6 Å². The Hall–Kier alpha value is -1.76. The van der Waals surface area contributed by atoms with Crippen molar-refractivity contribution >= 4 is 5.69 Å². The van der Waals surface area contributed by atoms with Crippen LogP contribution in [0, 0.1) is 11.8 Å². The Balaban J connectivity index is 1.49. The minimum Gasteiger partial charge on any atom is -0.371 e. The van der Waals surface area contributed by atoms with Gasteiger partial charge < -0.3 is 4.90 Å². The maximum absolute atomic E-state index is 2.61. The Morgan fingerprint density at radius 3 is 2.14 bits per heavy atom. The lowest BCUT2D eigenvalue weighted by atomic mass is 9.75. The van der Waals surface area contributed by atoms with Crippen molar-refractivity contribution < 1.29 is 0 Å². The average molecular weight is 291 g/mol. The van der Waals surface area contributed by atoms with Gasteiger partial charge >= 0.3 is 0 Å². The molecule has 2 atom stereocenters. The minimum absolute atomic E-state index is 0.941. The highest BCUT2D eigenvalue weighted by Crippen LogP contribution is 2.37. The van der Waals surface area contributed by atoms with Gasteiger partial charge in [-0.05, 0) is 47.9 Å². The van der Waals surface area contributed by atoms with Crippen LogP contribution in [0.2, 0.25) is 0 Å². The van der Waals surface area contributed by atoms with Crippen LogP contribution in [0.1, 0.15) is 32.1 Å². The number of piperidine rings is 1. The second kappa shape index (κ2) is 6.16. The van der Waals surface area contributed by atoms with Gasteiger partial charge in [0.25, 0.3) is 0 Å². The fourth-order valence-electron chi connectivity index (χ4n) is 4.33. The molecule has 0 N–H and O–H groups in total. The molecule has 2 fully saturated rings. The molecule has 1 aliphatic heterocycles. The molecular weight excluding hydrogens is 266 g/mol. The van der Waals surface area contributed by atoms with Gasteiger partial charge in [-0.2, -0.15) is 0 Å². The number of benzene rings is 2. The number of hydrogen-bond donors (Lipinski definition) is 0. The molecule has 2 aromatic carbocycles. The molecule has 2 unspecified atom stereocenters. The summed E-state index contributed by atoms with van der Waals surface area (Å²) in [5, 5.41) is 0. The molecule has 0 radical (unpaired) electrons. The first-order valence-corrected chi connectivity index (χ1v) is 8.80. The van der Waals surface area contributed by atoms with Crippen LogP contribution in [0.3, 0.4) is 0 Å². The van der Waals surface area contributed by atoms with E-state index in [4.69, 9.17) is 0 Å². The largest absolute Gasteiger partial charge is 0.371 e. The van der Waals surface area contributed by atoms with Gasteiger partial charge in [0.15, 0.2) is 0 Å². The molecule has 4 rings (SSSR count). The second-order valence-corrected chi connectivity index (χ2v) is 6.95. The van der Waals surface area contributed by atoms with Crippen LogP contribution in [0.25, 0.3) is 11.1 Å². The maximum atomic E-state index is 2.61. The summed E-state index contributed by atoms with van der Waals surface area (Å²) in [6, 6.07) is 19.8. The van der Waals surface area contributed by atoms with E-state index >= 15 is 0 Å². The van der Waals surface area contributed by atoms with Crippen molar-refractivity contribution in [3.05, 3.63) is 54.6 Å². The lowest BCUT2D eigenvalue weighted by Crippen LogP contribution is -2.41. The molecule has 22 heavy (non-hydrogen) atoms. The molecule has 1 aliphatic carbocycles. The average Bonchev–Trinajstić information content (AvgIpc) is 2.62. The molecule has 1 saturated carbocycles. The van der Waals surface area contributed by atoms with Crippen molar-refractivity contribution in [2.75, 3.05) is 18.0 Å². The Bertz CT molecular complexity index is 602. The van der Waals surface area contributed by atoms with Crippen LogP contribution >= 0.6 is 0 Å². The first kappa shape index (κ1) is 13.9. The summed E-state index contributed by atoms with van der Waals surface area (Å²) in [4.78, 5) is 2.61. The monoisotopic (exact) mass is 291 g/mol. The number of hydrogen-bond acceptors (Lipinski definition) is 1. The molecule has 1 heteroatoms. The van der Waals surface area contributed by atoms with E-state index in [9.17, 15) is 0 Å². The van der Waals surface area contributed by atoms with Crippen molar-refractivity contribution in [3.8, 4) is 11.1 Å². The molecule has 114 valence electrons. The van der Waals surface area contributed by atoms with Gasteiger partial charge in [0.2, 0.25) is 0 Å². The molecule has 0 amide bonds. The van der Waals surface area contributed by atoms with Gasteiger partial charge in [0.05, 0.1) is 0 Å². The molecule has 0 aromatic heterocycles. The molecular formula is C21H25N. The molecule has 0 spiro atoms. The Kier molecular flexibility index (Phi) is 3.88. The summed E-state index contributed by atoms with van der Waals surface area (Å²) in [7, 11) is 0. The third kappa shape index (κ3) is 2.77. The van der Waals surface area contributed by atoms with Gasteiger partial charge in [0, 0.05) is 18.8 Å². The Morgan fingerprint density at radius 1 is 0.682 bits per heavy atom. The van der Waals surface area contributed by atoms with E-state index in [0.29, 0.717) is 0 Å². The van der Waals surface area contributed by atoms with E-state index in [-0.39, 0.29) is 0 Å². The van der Waals surface area contributed by atoms with Crippen LogP contribution in [-0.2, 0) is 0 Å². The zero-order valence-electron chi connectivity index (χ0n) is 13.2. The first-order chi connectivity index (χ1) is 10.9. The predicted octanol–water partition coefficient (Wildman–Crippen LogP) is 5.37. The predicted molar refractivity (Wildman–Crippen MR) is 94.2 cm³/mol. The van der Waals surface area contributed by atoms with Crippen LogP contribution < -0.4 is 4.90 Å². The lowest BCUT2D eigenvalue weighted by molar-refractivity contribution is 0.202. The SMILES string of the molecule is c1ccc(-c2ccc(N3CCC4CCCCC4C3)cc2)cc1. The highest BCUT2D eigenvalue weighted by molar-refractivity contribution is 5.66. The molecule has 1 nitrogen and oxygen atoms in total. The molecule has 2 aromatic rings. The zero-order valence-corrected chi connectivity index (χ0v) is 13.2. The number of rotatable bonds is 2. The third-order valence-electron chi connectivity index (χ3n) is 5.63. The number of anilines is 1. The van der Waals surface area contributed by atoms with E-state index in [1.165, 1.54) is 62.0 Å². The fraction of sp³-hybridized carbons (Fsp3) is 0.429. The van der Waals surface area contributed by atoms with Gasteiger partial charge in [-0.25, -0.2) is 0 Å². The minimum atomic E-state index is 0.941. The second-order valence-electron chi connectivity index (χ2n) is 6.95. The van der Waals surface area contributed by atoms with E-state index in [1.54, 1.807) is 0 Å². The highest BCUT2D eigenvalue weighted by Gasteiger charge is 2.31. The molecule has 1 saturated heterocycles. The molecule has 0 bridgehead atoms. The van der Waals surface area contributed by atoms with Crippen molar-refractivity contribution in [3.63, 3.8) is 0 Å². The summed E-state index contributed by atoms with van der Waals surface area (Å²) in [6.07, 6.45) is 7.23. The van der Waals surface area contributed by atoms with Crippen molar-refractivity contribution in [2.45, 2.75) is 32.1 Å². The lowest BCUT2D eigenvalue weighted by Gasteiger charge is -2.42. The van der Waals surface area contributed by atoms with Crippen molar-refractivity contribution in [1.29, 1.82) is 0 Å². The quantitative estimate of drug-likeness (QED) is 0.719. The third-order valence-corrected chi connectivity index (χ3v) is 5.63. The van der Waals surface area contributed by atoms with E-state index in [0.717, 1.165) is 11.8 Å². The van der Waals surface area contributed by atoms with Crippen molar-refractivity contribution in [2.24, 2.45) is 11.8 Å². The smallest absolute Gasteiger partial charge is 0.0366 e. The summed E-state index contributed by atoms with van der Waals surface area (Å²) in [6.45, 7) is 2.52.